The van der Waals surface area contributed by atoms with Crippen molar-refractivity contribution in [1.82, 2.24) is 0 Å². The van der Waals surface area contributed by atoms with E-state index < -0.39 is 5.67 Å². The molecule has 0 amide bonds. The predicted octanol–water partition coefficient (Wildman–Crippen LogP) is 4.43. The van der Waals surface area contributed by atoms with Crippen LogP contribution in [-0.4, -0.2) is 12.4 Å². The molecule has 0 aliphatic rings. The van der Waals surface area contributed by atoms with E-state index in [0.717, 1.165) is 16.5 Å². The number of rotatable bonds is 3. The number of halogens is 2. The van der Waals surface area contributed by atoms with E-state index in [4.69, 9.17) is 4.74 Å². The van der Waals surface area contributed by atoms with Crippen molar-refractivity contribution < 1.29 is 9.13 Å². The van der Waals surface area contributed by atoms with Crippen LogP contribution >= 0.6 is 15.9 Å². The zero-order valence-corrected chi connectivity index (χ0v) is 11.4. The molecule has 0 heterocycles. The molecule has 2 aromatic carbocycles. The van der Waals surface area contributed by atoms with E-state index in [1.165, 1.54) is 0 Å². The Kier molecular flexibility index (Phi) is 3.38. The van der Waals surface area contributed by atoms with Crippen molar-refractivity contribution in [2.24, 2.45) is 0 Å². The van der Waals surface area contributed by atoms with Gasteiger partial charge in [0.05, 0.1) is 7.11 Å². The Bertz CT molecular complexity index is 537. The number of ether oxygens (including phenoxy) is 1. The molecular formula is C14H14BrFO. The third kappa shape index (κ3) is 2.44. The molecule has 0 bridgehead atoms. The fraction of sp³-hybridized carbons (Fsp3) is 0.286. The number of hydrogen-bond acceptors (Lipinski definition) is 1. The van der Waals surface area contributed by atoms with E-state index in [2.05, 4.69) is 15.9 Å². The molecule has 3 heteroatoms. The monoisotopic (exact) mass is 296 g/mol. The molecular weight excluding hydrogens is 283 g/mol. The minimum atomic E-state index is -1.34. The van der Waals surface area contributed by atoms with Crippen molar-refractivity contribution in [2.45, 2.75) is 12.6 Å². The summed E-state index contributed by atoms with van der Waals surface area (Å²) in [5.74, 6) is 0.814. The number of methoxy groups -OCH3 is 1. The van der Waals surface area contributed by atoms with Crippen LogP contribution in [0.2, 0.25) is 0 Å². The highest BCUT2D eigenvalue weighted by Crippen LogP contribution is 2.31. The predicted molar refractivity (Wildman–Crippen MR) is 72.8 cm³/mol. The van der Waals surface area contributed by atoms with Crippen molar-refractivity contribution in [3.63, 3.8) is 0 Å². The lowest BCUT2D eigenvalue weighted by molar-refractivity contribution is 0.230. The molecule has 0 aromatic heterocycles. The van der Waals surface area contributed by atoms with Crippen LogP contribution in [0.15, 0.2) is 36.4 Å². The Morgan fingerprint density at radius 2 is 1.82 bits per heavy atom. The van der Waals surface area contributed by atoms with E-state index in [-0.39, 0.29) is 0 Å². The number of alkyl halides is 2. The van der Waals surface area contributed by atoms with Crippen molar-refractivity contribution in [1.29, 1.82) is 0 Å². The molecule has 2 rings (SSSR count). The van der Waals surface area contributed by atoms with E-state index >= 15 is 0 Å². The van der Waals surface area contributed by atoms with Gasteiger partial charge in [0.15, 0.2) is 0 Å². The van der Waals surface area contributed by atoms with Gasteiger partial charge in [-0.05, 0) is 41.5 Å². The van der Waals surface area contributed by atoms with Gasteiger partial charge in [0, 0.05) is 5.33 Å². The topological polar surface area (TPSA) is 9.23 Å². The Morgan fingerprint density at radius 3 is 2.47 bits per heavy atom. The number of benzene rings is 2. The molecule has 17 heavy (non-hydrogen) atoms. The number of fused-ring (bicyclic) bond motifs is 1. The van der Waals surface area contributed by atoms with Crippen molar-refractivity contribution in [3.05, 3.63) is 42.0 Å². The second kappa shape index (κ2) is 4.65. The van der Waals surface area contributed by atoms with Crippen LogP contribution in [0.5, 0.6) is 5.75 Å². The first-order chi connectivity index (χ1) is 8.06. The van der Waals surface area contributed by atoms with Crippen LogP contribution in [-0.2, 0) is 5.67 Å². The number of hydrogen-bond donors (Lipinski definition) is 0. The van der Waals surface area contributed by atoms with Gasteiger partial charge >= 0.3 is 0 Å². The maximum atomic E-state index is 14.2. The summed E-state index contributed by atoms with van der Waals surface area (Å²) in [6, 6.07) is 11.4. The molecule has 0 fully saturated rings. The van der Waals surface area contributed by atoms with Gasteiger partial charge in [0.2, 0.25) is 0 Å². The van der Waals surface area contributed by atoms with Gasteiger partial charge in [0.25, 0.3) is 0 Å². The summed E-state index contributed by atoms with van der Waals surface area (Å²) in [7, 11) is 1.64. The minimum Gasteiger partial charge on any atom is -0.497 e. The van der Waals surface area contributed by atoms with Crippen molar-refractivity contribution >= 4 is 26.7 Å². The molecule has 1 nitrogen and oxygen atoms in total. The summed E-state index contributed by atoms with van der Waals surface area (Å²) in [5, 5.41) is 2.37. The molecule has 0 saturated carbocycles. The van der Waals surface area contributed by atoms with E-state index in [1.54, 1.807) is 14.0 Å². The second-order valence-corrected chi connectivity index (χ2v) is 4.82. The average Bonchev–Trinajstić information content (AvgIpc) is 2.37. The summed E-state index contributed by atoms with van der Waals surface area (Å²) < 4.78 is 19.3. The lowest BCUT2D eigenvalue weighted by Gasteiger charge is -2.18. The zero-order valence-electron chi connectivity index (χ0n) is 9.84. The van der Waals surface area contributed by atoms with Gasteiger partial charge in [-0.2, -0.15) is 0 Å². The van der Waals surface area contributed by atoms with Gasteiger partial charge in [0.1, 0.15) is 11.4 Å². The molecule has 90 valence electrons. The summed E-state index contributed by atoms with van der Waals surface area (Å²) >= 11 is 3.20. The van der Waals surface area contributed by atoms with E-state index in [1.807, 2.05) is 36.4 Å². The van der Waals surface area contributed by atoms with Crippen molar-refractivity contribution in [3.8, 4) is 5.75 Å². The van der Waals surface area contributed by atoms with Crippen LogP contribution in [0.1, 0.15) is 12.5 Å². The molecule has 0 N–H and O–H groups in total. The van der Waals surface area contributed by atoms with Crippen LogP contribution in [0.25, 0.3) is 10.8 Å². The fourth-order valence-electron chi connectivity index (χ4n) is 1.75. The highest BCUT2D eigenvalue weighted by atomic mass is 79.9. The first-order valence-corrected chi connectivity index (χ1v) is 6.52. The van der Waals surface area contributed by atoms with Gasteiger partial charge in [-0.25, -0.2) is 4.39 Å². The Hall–Kier alpha value is -1.09. The molecule has 0 saturated heterocycles. The summed E-state index contributed by atoms with van der Waals surface area (Å²) in [6.45, 7) is 1.58. The first-order valence-electron chi connectivity index (χ1n) is 5.40. The van der Waals surface area contributed by atoms with Crippen LogP contribution in [0, 0.1) is 0 Å². The van der Waals surface area contributed by atoms with E-state index in [9.17, 15) is 4.39 Å². The van der Waals surface area contributed by atoms with Gasteiger partial charge in [-0.15, -0.1) is 0 Å². The van der Waals surface area contributed by atoms with Gasteiger partial charge < -0.3 is 4.74 Å². The van der Waals surface area contributed by atoms with Crippen LogP contribution in [0.3, 0.4) is 0 Å². The van der Waals surface area contributed by atoms with Crippen LogP contribution in [0.4, 0.5) is 4.39 Å². The lowest BCUT2D eigenvalue weighted by atomic mass is 9.97. The van der Waals surface area contributed by atoms with Gasteiger partial charge in [-0.1, -0.05) is 34.1 Å². The zero-order chi connectivity index (χ0) is 12.5. The lowest BCUT2D eigenvalue weighted by Crippen LogP contribution is -2.16. The molecule has 0 radical (unpaired) electrons. The normalized spacial score (nSPS) is 14.6. The third-order valence-corrected chi connectivity index (χ3v) is 3.95. The van der Waals surface area contributed by atoms with Crippen molar-refractivity contribution in [2.75, 3.05) is 12.4 Å². The van der Waals surface area contributed by atoms with Gasteiger partial charge in [-0.3, -0.25) is 0 Å². The smallest absolute Gasteiger partial charge is 0.142 e. The first kappa shape index (κ1) is 12.4. The molecule has 0 spiro atoms. The molecule has 1 unspecified atom stereocenters. The highest BCUT2D eigenvalue weighted by Gasteiger charge is 2.24. The molecule has 0 aliphatic heterocycles. The second-order valence-electron chi connectivity index (χ2n) is 4.26. The summed E-state index contributed by atoms with van der Waals surface area (Å²) in [4.78, 5) is 0. The standard InChI is InChI=1S/C14H14BrFO/c1-14(16,9-15)12-5-3-11-8-13(17-2)6-4-10(11)7-12/h3-8H,9H2,1-2H3. The quantitative estimate of drug-likeness (QED) is 0.762. The molecule has 0 aliphatic carbocycles. The fourth-order valence-corrected chi connectivity index (χ4v) is 2.08. The van der Waals surface area contributed by atoms with E-state index in [0.29, 0.717) is 10.9 Å². The highest BCUT2D eigenvalue weighted by molar-refractivity contribution is 9.09. The maximum Gasteiger partial charge on any atom is 0.142 e. The summed E-state index contributed by atoms with van der Waals surface area (Å²) in [5.41, 5.74) is -0.652. The summed E-state index contributed by atoms with van der Waals surface area (Å²) in [6.07, 6.45) is 0. The maximum absolute atomic E-state index is 14.2. The third-order valence-electron chi connectivity index (χ3n) is 2.90. The Morgan fingerprint density at radius 1 is 1.18 bits per heavy atom. The largest absolute Gasteiger partial charge is 0.497 e. The molecule has 2 aromatic rings. The Balaban J connectivity index is 2.52. The molecule has 1 atom stereocenters. The Labute approximate surface area is 109 Å². The minimum absolute atomic E-state index is 0.293. The SMILES string of the molecule is COc1ccc2cc(C(C)(F)CBr)ccc2c1. The van der Waals surface area contributed by atoms with Crippen LogP contribution < -0.4 is 4.74 Å². The average molecular weight is 297 g/mol.